The predicted molar refractivity (Wildman–Crippen MR) is 88.5 cm³/mol. The van der Waals surface area contributed by atoms with Gasteiger partial charge < -0.3 is 13.7 Å². The van der Waals surface area contributed by atoms with Crippen LogP contribution in [-0.4, -0.2) is 28.4 Å². The number of methoxy groups -OCH3 is 2. The fourth-order valence-electron chi connectivity index (χ4n) is 2.15. The Kier molecular flexibility index (Phi) is 5.14. The maximum atomic E-state index is 12.5. The Bertz CT molecular complexity index is 853. The van der Waals surface area contributed by atoms with E-state index in [0.29, 0.717) is 16.9 Å². The molecule has 2 rings (SSSR count). The van der Waals surface area contributed by atoms with Gasteiger partial charge in [-0.1, -0.05) is 0 Å². The summed E-state index contributed by atoms with van der Waals surface area (Å²) in [7, 11) is -1.16. The van der Waals surface area contributed by atoms with Crippen molar-refractivity contribution in [2.24, 2.45) is 0 Å². The van der Waals surface area contributed by atoms with Gasteiger partial charge in [-0.25, -0.2) is 0 Å². The standard InChI is InChI=1S/C17H18O6S/c1-11-9-15(21-3)16(22-4)10-17(11)24(19,20)23-14-7-5-13(6-8-14)12(2)18/h5-10H,1-4H3. The molecule has 2 aromatic carbocycles. The molecule has 0 radical (unpaired) electrons. The highest BCUT2D eigenvalue weighted by molar-refractivity contribution is 7.87. The molecular weight excluding hydrogens is 332 g/mol. The number of hydrogen-bond acceptors (Lipinski definition) is 6. The Morgan fingerprint density at radius 3 is 2.00 bits per heavy atom. The van der Waals surface area contributed by atoms with Gasteiger partial charge in [0.05, 0.1) is 14.2 Å². The molecule has 0 heterocycles. The first-order valence-corrected chi connectivity index (χ1v) is 8.47. The molecule has 128 valence electrons. The Balaban J connectivity index is 2.38. The van der Waals surface area contributed by atoms with Crippen LogP contribution in [0.2, 0.25) is 0 Å². The van der Waals surface area contributed by atoms with Gasteiger partial charge in [-0.3, -0.25) is 4.79 Å². The second-order valence-corrected chi connectivity index (χ2v) is 6.61. The van der Waals surface area contributed by atoms with E-state index in [1.165, 1.54) is 51.5 Å². The van der Waals surface area contributed by atoms with Crippen molar-refractivity contribution < 1.29 is 26.9 Å². The lowest BCUT2D eigenvalue weighted by atomic mass is 10.1. The van der Waals surface area contributed by atoms with Crippen molar-refractivity contribution in [2.45, 2.75) is 18.7 Å². The van der Waals surface area contributed by atoms with Gasteiger partial charge >= 0.3 is 10.1 Å². The molecule has 0 aliphatic carbocycles. The van der Waals surface area contributed by atoms with Gasteiger partial charge in [0, 0.05) is 11.6 Å². The first-order valence-electron chi connectivity index (χ1n) is 7.06. The van der Waals surface area contributed by atoms with Gasteiger partial charge in [0.15, 0.2) is 17.3 Å². The molecule has 7 heteroatoms. The molecule has 0 unspecified atom stereocenters. The third-order valence-electron chi connectivity index (χ3n) is 3.42. The molecular formula is C17H18O6S. The minimum atomic E-state index is -4.06. The van der Waals surface area contributed by atoms with Crippen molar-refractivity contribution in [3.63, 3.8) is 0 Å². The van der Waals surface area contributed by atoms with E-state index in [1.807, 2.05) is 0 Å². The van der Waals surface area contributed by atoms with Crippen LogP contribution in [0.25, 0.3) is 0 Å². The maximum absolute atomic E-state index is 12.5. The molecule has 0 aliphatic rings. The molecule has 0 saturated carbocycles. The van der Waals surface area contributed by atoms with Gasteiger partial charge in [-0.05, 0) is 49.7 Å². The van der Waals surface area contributed by atoms with Crippen LogP contribution in [0.5, 0.6) is 17.2 Å². The molecule has 2 aromatic rings. The fourth-order valence-corrected chi connectivity index (χ4v) is 3.31. The number of benzene rings is 2. The Labute approximate surface area is 141 Å². The van der Waals surface area contributed by atoms with Crippen molar-refractivity contribution in [1.29, 1.82) is 0 Å². The summed E-state index contributed by atoms with van der Waals surface area (Å²) in [6.07, 6.45) is 0. The molecule has 6 nitrogen and oxygen atoms in total. The molecule has 0 spiro atoms. The lowest BCUT2D eigenvalue weighted by Gasteiger charge is -2.13. The molecule has 0 amide bonds. The number of hydrogen-bond donors (Lipinski definition) is 0. The Morgan fingerprint density at radius 1 is 0.958 bits per heavy atom. The Hall–Kier alpha value is -2.54. The van der Waals surface area contributed by atoms with E-state index in [4.69, 9.17) is 13.7 Å². The van der Waals surface area contributed by atoms with Crippen molar-refractivity contribution in [3.05, 3.63) is 47.5 Å². The summed E-state index contributed by atoms with van der Waals surface area (Å²) in [4.78, 5) is 11.2. The number of Topliss-reactive ketones (excluding diaryl/α,β-unsaturated/α-hetero) is 1. The molecule has 0 fully saturated rings. The largest absolute Gasteiger partial charge is 0.493 e. The van der Waals surface area contributed by atoms with Crippen molar-refractivity contribution in [3.8, 4) is 17.2 Å². The van der Waals surface area contributed by atoms with Gasteiger partial charge in [-0.15, -0.1) is 0 Å². The highest BCUT2D eigenvalue weighted by Gasteiger charge is 2.22. The monoisotopic (exact) mass is 350 g/mol. The highest BCUT2D eigenvalue weighted by atomic mass is 32.2. The van der Waals surface area contributed by atoms with E-state index in [-0.39, 0.29) is 22.2 Å². The van der Waals surface area contributed by atoms with Crippen LogP contribution in [0.1, 0.15) is 22.8 Å². The number of aryl methyl sites for hydroxylation is 1. The van der Waals surface area contributed by atoms with E-state index in [9.17, 15) is 13.2 Å². The smallest absolute Gasteiger partial charge is 0.339 e. The summed E-state index contributed by atoms with van der Waals surface area (Å²) in [5, 5.41) is 0. The van der Waals surface area contributed by atoms with E-state index in [2.05, 4.69) is 0 Å². The maximum Gasteiger partial charge on any atom is 0.339 e. The number of ether oxygens (including phenoxy) is 2. The van der Waals surface area contributed by atoms with Crippen LogP contribution in [-0.2, 0) is 10.1 Å². The lowest BCUT2D eigenvalue weighted by Crippen LogP contribution is -2.12. The number of carbonyl (C=O) groups is 1. The summed E-state index contributed by atoms with van der Waals surface area (Å²) in [6, 6.07) is 8.80. The van der Waals surface area contributed by atoms with Crippen LogP contribution < -0.4 is 13.7 Å². The second-order valence-electron chi connectivity index (χ2n) is 5.09. The zero-order chi connectivity index (χ0) is 17.9. The van der Waals surface area contributed by atoms with Gasteiger partial charge in [0.25, 0.3) is 0 Å². The average molecular weight is 350 g/mol. The molecule has 0 N–H and O–H groups in total. The summed E-state index contributed by atoms with van der Waals surface area (Å²) in [5.41, 5.74) is 0.940. The van der Waals surface area contributed by atoms with Crippen LogP contribution in [0.3, 0.4) is 0 Å². The van der Waals surface area contributed by atoms with E-state index < -0.39 is 10.1 Å². The highest BCUT2D eigenvalue weighted by Crippen LogP contribution is 2.33. The van der Waals surface area contributed by atoms with E-state index >= 15 is 0 Å². The zero-order valence-electron chi connectivity index (χ0n) is 13.8. The second kappa shape index (κ2) is 6.92. The summed E-state index contributed by atoms with van der Waals surface area (Å²) in [5.74, 6) is 0.728. The average Bonchev–Trinajstić information content (AvgIpc) is 2.54. The predicted octanol–water partition coefficient (Wildman–Crippen LogP) is 2.98. The van der Waals surface area contributed by atoms with Crippen LogP contribution in [0.15, 0.2) is 41.3 Å². The van der Waals surface area contributed by atoms with Gasteiger partial charge in [0.2, 0.25) is 0 Å². The molecule has 0 aromatic heterocycles. The number of carbonyl (C=O) groups excluding carboxylic acids is 1. The lowest BCUT2D eigenvalue weighted by molar-refractivity contribution is 0.101. The fraction of sp³-hybridized carbons (Fsp3) is 0.235. The summed E-state index contributed by atoms with van der Waals surface area (Å²) in [6.45, 7) is 3.07. The quantitative estimate of drug-likeness (QED) is 0.589. The normalized spacial score (nSPS) is 11.0. The third kappa shape index (κ3) is 3.68. The first kappa shape index (κ1) is 17.8. The Morgan fingerprint density at radius 2 is 1.50 bits per heavy atom. The van der Waals surface area contributed by atoms with Gasteiger partial charge in [0.1, 0.15) is 10.6 Å². The first-order chi connectivity index (χ1) is 11.3. The number of ketones is 1. The van der Waals surface area contributed by atoms with Crippen molar-refractivity contribution in [2.75, 3.05) is 14.2 Å². The molecule has 24 heavy (non-hydrogen) atoms. The topological polar surface area (TPSA) is 78.9 Å². The van der Waals surface area contributed by atoms with Crippen LogP contribution >= 0.6 is 0 Å². The zero-order valence-corrected chi connectivity index (χ0v) is 14.6. The molecule has 0 bridgehead atoms. The van der Waals surface area contributed by atoms with Gasteiger partial charge in [-0.2, -0.15) is 8.42 Å². The molecule has 0 aliphatic heterocycles. The molecule has 0 saturated heterocycles. The van der Waals surface area contributed by atoms with Crippen molar-refractivity contribution in [1.82, 2.24) is 0 Å². The minimum Gasteiger partial charge on any atom is -0.493 e. The summed E-state index contributed by atoms with van der Waals surface area (Å²) < 4.78 is 40.5. The van der Waals surface area contributed by atoms with E-state index in [0.717, 1.165) is 0 Å². The third-order valence-corrected chi connectivity index (χ3v) is 4.81. The van der Waals surface area contributed by atoms with E-state index in [1.54, 1.807) is 13.0 Å². The van der Waals surface area contributed by atoms with Crippen molar-refractivity contribution >= 4 is 15.9 Å². The molecule has 0 atom stereocenters. The van der Waals surface area contributed by atoms with Crippen LogP contribution in [0, 0.1) is 6.92 Å². The SMILES string of the molecule is COc1cc(C)c(S(=O)(=O)Oc2ccc(C(C)=O)cc2)cc1OC. The summed E-state index contributed by atoms with van der Waals surface area (Å²) >= 11 is 0. The minimum absolute atomic E-state index is 0.0178. The van der Waals surface area contributed by atoms with Crippen LogP contribution in [0.4, 0.5) is 0 Å². The number of rotatable bonds is 6.